The predicted octanol–water partition coefficient (Wildman–Crippen LogP) is 1.80. The third-order valence-electron chi connectivity index (χ3n) is 2.31. The molecule has 1 aromatic heterocycles. The molecule has 2 N–H and O–H groups in total. The predicted molar refractivity (Wildman–Crippen MR) is 62.2 cm³/mol. The van der Waals surface area contributed by atoms with E-state index in [0.717, 1.165) is 5.56 Å². The van der Waals surface area contributed by atoms with E-state index < -0.39 is 0 Å². The van der Waals surface area contributed by atoms with Gasteiger partial charge >= 0.3 is 0 Å². The van der Waals surface area contributed by atoms with Gasteiger partial charge in [-0.3, -0.25) is 0 Å². The summed E-state index contributed by atoms with van der Waals surface area (Å²) in [7, 11) is 1.48. The van der Waals surface area contributed by atoms with Crippen LogP contribution in [0.5, 0.6) is 5.88 Å². The van der Waals surface area contributed by atoms with E-state index in [9.17, 15) is 4.39 Å². The van der Waals surface area contributed by atoms with Crippen LogP contribution in [-0.2, 0) is 6.42 Å². The minimum atomic E-state index is -0.267. The number of nitrogens with two attached hydrogens (primary N) is 1. The molecule has 0 unspecified atom stereocenters. The summed E-state index contributed by atoms with van der Waals surface area (Å²) in [5.74, 6) is 0.0323. The topological polar surface area (TPSA) is 61.0 Å². The second-order valence-electron chi connectivity index (χ2n) is 3.61. The third kappa shape index (κ3) is 2.69. The monoisotopic (exact) mass is 233 g/mol. The lowest BCUT2D eigenvalue weighted by Crippen LogP contribution is -2.01. The van der Waals surface area contributed by atoms with E-state index in [1.54, 1.807) is 12.1 Å². The smallest absolute Gasteiger partial charge is 0.256 e. The first-order valence-electron chi connectivity index (χ1n) is 5.09. The van der Waals surface area contributed by atoms with Crippen LogP contribution in [0.1, 0.15) is 11.3 Å². The lowest BCUT2D eigenvalue weighted by Gasteiger charge is -2.05. The fraction of sp³-hybridized carbons (Fsp3) is 0.167. The second kappa shape index (κ2) is 4.78. The van der Waals surface area contributed by atoms with Crippen LogP contribution in [0.4, 0.5) is 10.1 Å². The Balaban J connectivity index is 2.22. The zero-order chi connectivity index (χ0) is 12.3. The molecule has 88 valence electrons. The Labute approximate surface area is 98.2 Å². The number of hydrogen-bond acceptors (Lipinski definition) is 4. The minimum Gasteiger partial charge on any atom is -0.478 e. The van der Waals surface area contributed by atoms with Crippen LogP contribution in [0.3, 0.4) is 0 Å². The molecule has 2 aromatic rings. The lowest BCUT2D eigenvalue weighted by molar-refractivity contribution is 0.393. The van der Waals surface area contributed by atoms with Crippen molar-refractivity contribution < 1.29 is 9.13 Å². The highest BCUT2D eigenvalue weighted by Crippen LogP contribution is 2.18. The number of nitrogens with zero attached hydrogens (tertiary/aromatic N) is 2. The minimum absolute atomic E-state index is 0.267. The van der Waals surface area contributed by atoms with E-state index in [2.05, 4.69) is 10.2 Å². The number of halogens is 1. The summed E-state index contributed by atoms with van der Waals surface area (Å²) in [6, 6.07) is 8.02. The van der Waals surface area contributed by atoms with Crippen LogP contribution >= 0.6 is 0 Å². The number of benzene rings is 1. The summed E-state index contributed by atoms with van der Waals surface area (Å²) < 4.78 is 17.9. The van der Waals surface area contributed by atoms with Crippen LogP contribution in [-0.4, -0.2) is 17.3 Å². The molecule has 0 radical (unpaired) electrons. The van der Waals surface area contributed by atoms with Crippen molar-refractivity contribution in [1.29, 1.82) is 0 Å². The number of nitrogen functional groups attached to an aromatic ring is 1. The zero-order valence-electron chi connectivity index (χ0n) is 9.35. The van der Waals surface area contributed by atoms with Crippen LogP contribution in [0.15, 0.2) is 30.3 Å². The fourth-order valence-corrected chi connectivity index (χ4v) is 1.54. The maximum Gasteiger partial charge on any atom is 0.256 e. The van der Waals surface area contributed by atoms with Gasteiger partial charge in [0.25, 0.3) is 5.88 Å². The molecule has 17 heavy (non-hydrogen) atoms. The van der Waals surface area contributed by atoms with Crippen molar-refractivity contribution in [3.05, 3.63) is 47.4 Å². The van der Waals surface area contributed by atoms with Crippen molar-refractivity contribution in [3.8, 4) is 5.88 Å². The van der Waals surface area contributed by atoms with Crippen molar-refractivity contribution in [2.24, 2.45) is 0 Å². The normalized spacial score (nSPS) is 10.2. The highest BCUT2D eigenvalue weighted by atomic mass is 19.1. The van der Waals surface area contributed by atoms with Gasteiger partial charge in [0.15, 0.2) is 0 Å². The van der Waals surface area contributed by atoms with Gasteiger partial charge in [-0.05, 0) is 23.8 Å². The number of anilines is 1. The van der Waals surface area contributed by atoms with Crippen molar-refractivity contribution in [2.45, 2.75) is 6.42 Å². The van der Waals surface area contributed by atoms with Crippen molar-refractivity contribution in [3.63, 3.8) is 0 Å². The maximum atomic E-state index is 13.0. The van der Waals surface area contributed by atoms with Gasteiger partial charge < -0.3 is 10.5 Å². The largest absolute Gasteiger partial charge is 0.478 e. The van der Waals surface area contributed by atoms with Crippen molar-refractivity contribution >= 4 is 5.69 Å². The highest BCUT2D eigenvalue weighted by Gasteiger charge is 2.05. The quantitative estimate of drug-likeness (QED) is 0.878. The Kier molecular flexibility index (Phi) is 3.18. The molecule has 0 fully saturated rings. The number of rotatable bonds is 3. The molecule has 0 bridgehead atoms. The van der Waals surface area contributed by atoms with E-state index in [0.29, 0.717) is 23.7 Å². The molecule has 1 aromatic carbocycles. The van der Waals surface area contributed by atoms with Gasteiger partial charge in [0.05, 0.1) is 18.5 Å². The summed E-state index contributed by atoms with van der Waals surface area (Å²) in [5.41, 5.74) is 7.64. The van der Waals surface area contributed by atoms with E-state index in [1.165, 1.54) is 19.2 Å². The van der Waals surface area contributed by atoms with E-state index in [4.69, 9.17) is 10.5 Å². The van der Waals surface area contributed by atoms with Crippen molar-refractivity contribution in [1.82, 2.24) is 10.2 Å². The molecule has 0 aliphatic heterocycles. The fourth-order valence-electron chi connectivity index (χ4n) is 1.54. The number of aromatic nitrogens is 2. The zero-order valence-corrected chi connectivity index (χ0v) is 9.35. The average Bonchev–Trinajstić information content (AvgIpc) is 2.29. The van der Waals surface area contributed by atoms with E-state index in [-0.39, 0.29) is 5.82 Å². The second-order valence-corrected chi connectivity index (χ2v) is 3.61. The first-order valence-corrected chi connectivity index (χ1v) is 5.09. The molecule has 0 aliphatic rings. The number of ether oxygens (including phenoxy) is 1. The molecule has 0 aliphatic carbocycles. The Hall–Kier alpha value is -2.17. The Morgan fingerprint density at radius 2 is 2.12 bits per heavy atom. The molecule has 0 spiro atoms. The standard InChI is InChI=1S/C12H12FN3O/c1-17-12-11(14)7-10(15-16-12)6-8-3-2-4-9(13)5-8/h2-5,7H,6H2,1H3,(H2,14,15). The van der Waals surface area contributed by atoms with Gasteiger partial charge in [-0.15, -0.1) is 5.10 Å². The number of hydrogen-bond donors (Lipinski definition) is 1. The molecular formula is C12H12FN3O. The molecule has 0 amide bonds. The molecule has 1 heterocycles. The van der Waals surface area contributed by atoms with Gasteiger partial charge in [-0.2, -0.15) is 5.10 Å². The van der Waals surface area contributed by atoms with Crippen LogP contribution in [0.2, 0.25) is 0 Å². The molecule has 2 rings (SSSR count). The van der Waals surface area contributed by atoms with Gasteiger partial charge in [0.2, 0.25) is 0 Å². The highest BCUT2D eigenvalue weighted by molar-refractivity contribution is 5.48. The maximum absolute atomic E-state index is 13.0. The van der Waals surface area contributed by atoms with Gasteiger partial charge in [-0.1, -0.05) is 12.1 Å². The van der Waals surface area contributed by atoms with Crippen LogP contribution in [0, 0.1) is 5.82 Å². The molecule has 4 nitrogen and oxygen atoms in total. The molecular weight excluding hydrogens is 221 g/mol. The molecule has 5 heteroatoms. The Morgan fingerprint density at radius 1 is 1.29 bits per heavy atom. The van der Waals surface area contributed by atoms with Crippen molar-refractivity contribution in [2.75, 3.05) is 12.8 Å². The Bertz CT molecular complexity index is 531. The van der Waals surface area contributed by atoms with E-state index >= 15 is 0 Å². The van der Waals surface area contributed by atoms with Crippen LogP contribution < -0.4 is 10.5 Å². The summed E-state index contributed by atoms with van der Waals surface area (Å²) in [4.78, 5) is 0. The first-order chi connectivity index (χ1) is 8.19. The average molecular weight is 233 g/mol. The SMILES string of the molecule is COc1nnc(Cc2cccc(F)c2)cc1N. The summed E-state index contributed by atoms with van der Waals surface area (Å²) >= 11 is 0. The molecule has 0 atom stereocenters. The van der Waals surface area contributed by atoms with Gasteiger partial charge in [0.1, 0.15) is 5.82 Å². The Morgan fingerprint density at radius 3 is 2.76 bits per heavy atom. The summed E-state index contributed by atoms with van der Waals surface area (Å²) in [6.07, 6.45) is 0.485. The first kappa shape index (κ1) is 11.3. The lowest BCUT2D eigenvalue weighted by atomic mass is 10.1. The number of methoxy groups -OCH3 is 1. The summed E-state index contributed by atoms with van der Waals surface area (Å²) in [6.45, 7) is 0. The summed E-state index contributed by atoms with van der Waals surface area (Å²) in [5, 5.41) is 7.78. The molecule has 0 saturated heterocycles. The van der Waals surface area contributed by atoms with Gasteiger partial charge in [-0.25, -0.2) is 4.39 Å². The van der Waals surface area contributed by atoms with Crippen LogP contribution in [0.25, 0.3) is 0 Å². The van der Waals surface area contributed by atoms with Gasteiger partial charge in [0, 0.05) is 6.42 Å². The van der Waals surface area contributed by atoms with E-state index in [1.807, 2.05) is 6.07 Å². The molecule has 0 saturated carbocycles. The third-order valence-corrected chi connectivity index (χ3v) is 2.31.